The van der Waals surface area contributed by atoms with E-state index in [0.29, 0.717) is 5.75 Å². The van der Waals surface area contributed by atoms with Gasteiger partial charge in [0.25, 0.3) is 0 Å². The molecule has 1 aromatic carbocycles. The SMILES string of the molecule is CCNCC1CCN(c2nccc3ccc(O)cc23)CC1. The summed E-state index contributed by atoms with van der Waals surface area (Å²) in [5.41, 5.74) is 0. The molecule has 4 heteroatoms. The highest BCUT2D eigenvalue weighted by molar-refractivity contribution is 5.93. The number of aromatic hydroxyl groups is 1. The molecule has 1 aliphatic rings. The summed E-state index contributed by atoms with van der Waals surface area (Å²) in [4.78, 5) is 6.91. The van der Waals surface area contributed by atoms with Gasteiger partial charge in [-0.25, -0.2) is 4.98 Å². The number of hydrogen-bond acceptors (Lipinski definition) is 4. The molecule has 112 valence electrons. The molecule has 0 radical (unpaired) electrons. The zero-order valence-electron chi connectivity index (χ0n) is 12.5. The zero-order valence-corrected chi connectivity index (χ0v) is 12.5. The second-order valence-corrected chi connectivity index (χ2v) is 5.78. The first-order valence-corrected chi connectivity index (χ1v) is 7.81. The van der Waals surface area contributed by atoms with Gasteiger partial charge in [-0.05, 0) is 55.4 Å². The number of nitrogens with one attached hydrogen (secondary N) is 1. The molecule has 0 unspecified atom stereocenters. The summed E-state index contributed by atoms with van der Waals surface area (Å²) in [7, 11) is 0. The predicted molar refractivity (Wildman–Crippen MR) is 86.9 cm³/mol. The van der Waals surface area contributed by atoms with Gasteiger partial charge in [0.2, 0.25) is 0 Å². The number of phenols is 1. The van der Waals surface area contributed by atoms with Crippen molar-refractivity contribution >= 4 is 16.6 Å². The molecule has 0 aliphatic carbocycles. The van der Waals surface area contributed by atoms with Gasteiger partial charge in [-0.3, -0.25) is 0 Å². The lowest BCUT2D eigenvalue weighted by Crippen LogP contribution is -2.37. The van der Waals surface area contributed by atoms with E-state index in [1.165, 1.54) is 12.8 Å². The molecule has 2 aromatic rings. The summed E-state index contributed by atoms with van der Waals surface area (Å²) in [5, 5.41) is 15.4. The van der Waals surface area contributed by atoms with Gasteiger partial charge in [-0.1, -0.05) is 13.0 Å². The molecule has 3 rings (SSSR count). The second kappa shape index (κ2) is 6.31. The molecule has 0 atom stereocenters. The molecule has 2 N–H and O–H groups in total. The van der Waals surface area contributed by atoms with Crippen LogP contribution in [-0.2, 0) is 0 Å². The smallest absolute Gasteiger partial charge is 0.136 e. The van der Waals surface area contributed by atoms with E-state index in [-0.39, 0.29) is 0 Å². The minimum absolute atomic E-state index is 0.304. The van der Waals surface area contributed by atoms with Crippen molar-refractivity contribution in [1.82, 2.24) is 10.3 Å². The van der Waals surface area contributed by atoms with E-state index >= 15 is 0 Å². The Labute approximate surface area is 125 Å². The molecule has 0 amide bonds. The number of fused-ring (bicyclic) bond motifs is 1. The van der Waals surface area contributed by atoms with Gasteiger partial charge in [0.05, 0.1) is 0 Å². The van der Waals surface area contributed by atoms with Crippen LogP contribution in [0.5, 0.6) is 5.75 Å². The van der Waals surface area contributed by atoms with Crippen molar-refractivity contribution < 1.29 is 5.11 Å². The van der Waals surface area contributed by atoms with Crippen molar-refractivity contribution in [2.45, 2.75) is 19.8 Å². The molecular formula is C17H23N3O. The molecule has 1 aliphatic heterocycles. The number of piperidine rings is 1. The van der Waals surface area contributed by atoms with E-state index in [9.17, 15) is 5.11 Å². The fourth-order valence-electron chi connectivity index (χ4n) is 3.09. The van der Waals surface area contributed by atoms with Crippen LogP contribution in [0.25, 0.3) is 10.8 Å². The highest BCUT2D eigenvalue weighted by Gasteiger charge is 2.21. The summed E-state index contributed by atoms with van der Waals surface area (Å²) in [6, 6.07) is 7.50. The Morgan fingerprint density at radius 1 is 1.29 bits per heavy atom. The van der Waals surface area contributed by atoms with E-state index in [0.717, 1.165) is 48.7 Å². The van der Waals surface area contributed by atoms with Crippen LogP contribution < -0.4 is 10.2 Å². The largest absolute Gasteiger partial charge is 0.508 e. The number of rotatable bonds is 4. The molecule has 1 fully saturated rings. The molecule has 0 spiro atoms. The van der Waals surface area contributed by atoms with Gasteiger partial charge in [-0.15, -0.1) is 0 Å². The Balaban J connectivity index is 1.78. The van der Waals surface area contributed by atoms with E-state index in [1.807, 2.05) is 24.4 Å². The number of benzene rings is 1. The number of pyridine rings is 1. The Hall–Kier alpha value is -1.81. The molecule has 0 saturated carbocycles. The fraction of sp³-hybridized carbons (Fsp3) is 0.471. The van der Waals surface area contributed by atoms with Gasteiger partial charge in [0.15, 0.2) is 0 Å². The van der Waals surface area contributed by atoms with E-state index < -0.39 is 0 Å². The highest BCUT2D eigenvalue weighted by Crippen LogP contribution is 2.30. The molecule has 1 saturated heterocycles. The van der Waals surface area contributed by atoms with E-state index in [4.69, 9.17) is 0 Å². The van der Waals surface area contributed by atoms with Crippen LogP contribution in [0.2, 0.25) is 0 Å². The van der Waals surface area contributed by atoms with Crippen molar-refractivity contribution in [3.8, 4) is 5.75 Å². The first-order chi connectivity index (χ1) is 10.3. The van der Waals surface area contributed by atoms with Crippen LogP contribution in [0.3, 0.4) is 0 Å². The number of hydrogen-bond donors (Lipinski definition) is 2. The first-order valence-electron chi connectivity index (χ1n) is 7.81. The van der Waals surface area contributed by atoms with Crippen molar-refractivity contribution in [2.24, 2.45) is 5.92 Å². The predicted octanol–water partition coefficient (Wildman–Crippen LogP) is 2.77. The molecule has 4 nitrogen and oxygen atoms in total. The van der Waals surface area contributed by atoms with Crippen LogP contribution in [0.15, 0.2) is 30.5 Å². The summed E-state index contributed by atoms with van der Waals surface area (Å²) < 4.78 is 0. The third-order valence-corrected chi connectivity index (χ3v) is 4.33. The Kier molecular flexibility index (Phi) is 4.25. The van der Waals surface area contributed by atoms with Gasteiger partial charge in [0.1, 0.15) is 11.6 Å². The minimum Gasteiger partial charge on any atom is -0.508 e. The highest BCUT2D eigenvalue weighted by atomic mass is 16.3. The summed E-state index contributed by atoms with van der Waals surface area (Å²) in [6.07, 6.45) is 4.26. The lowest BCUT2D eigenvalue weighted by Gasteiger charge is -2.33. The van der Waals surface area contributed by atoms with Crippen LogP contribution in [-0.4, -0.2) is 36.3 Å². The minimum atomic E-state index is 0.304. The molecule has 0 bridgehead atoms. The van der Waals surface area contributed by atoms with Gasteiger partial charge in [-0.2, -0.15) is 0 Å². The Bertz CT molecular complexity index is 606. The topological polar surface area (TPSA) is 48.4 Å². The number of nitrogens with zero attached hydrogens (tertiary/aromatic N) is 2. The maximum Gasteiger partial charge on any atom is 0.136 e. The van der Waals surface area contributed by atoms with Crippen molar-refractivity contribution in [1.29, 1.82) is 0 Å². The summed E-state index contributed by atoms with van der Waals surface area (Å²) >= 11 is 0. The molecule has 2 heterocycles. The Morgan fingerprint density at radius 3 is 2.86 bits per heavy atom. The second-order valence-electron chi connectivity index (χ2n) is 5.78. The fourth-order valence-corrected chi connectivity index (χ4v) is 3.09. The van der Waals surface area contributed by atoms with Crippen LogP contribution in [0.1, 0.15) is 19.8 Å². The average Bonchev–Trinajstić information content (AvgIpc) is 2.53. The first kappa shape index (κ1) is 14.1. The molecule has 1 aromatic heterocycles. The summed E-state index contributed by atoms with van der Waals surface area (Å²) in [6.45, 7) is 6.40. The normalized spacial score (nSPS) is 16.5. The van der Waals surface area contributed by atoms with Gasteiger partial charge >= 0.3 is 0 Å². The quantitative estimate of drug-likeness (QED) is 0.907. The number of aromatic nitrogens is 1. The summed E-state index contributed by atoms with van der Waals surface area (Å²) in [5.74, 6) is 2.08. The standard InChI is InChI=1S/C17H23N3O/c1-2-18-12-13-6-9-20(10-7-13)17-16-11-15(21)4-3-14(16)5-8-19-17/h3-5,8,11,13,18,21H,2,6-7,9-10,12H2,1H3. The third-order valence-electron chi connectivity index (χ3n) is 4.33. The van der Waals surface area contributed by atoms with Crippen molar-refractivity contribution in [3.05, 3.63) is 30.5 Å². The van der Waals surface area contributed by atoms with Gasteiger partial charge in [0, 0.05) is 24.7 Å². The van der Waals surface area contributed by atoms with Crippen LogP contribution in [0.4, 0.5) is 5.82 Å². The van der Waals surface area contributed by atoms with Crippen LogP contribution in [0, 0.1) is 5.92 Å². The number of anilines is 1. The average molecular weight is 285 g/mol. The van der Waals surface area contributed by atoms with E-state index in [2.05, 4.69) is 22.1 Å². The molecule has 21 heavy (non-hydrogen) atoms. The van der Waals surface area contributed by atoms with Gasteiger partial charge < -0.3 is 15.3 Å². The zero-order chi connectivity index (χ0) is 14.7. The van der Waals surface area contributed by atoms with Crippen molar-refractivity contribution in [2.75, 3.05) is 31.1 Å². The van der Waals surface area contributed by atoms with E-state index in [1.54, 1.807) is 6.07 Å². The monoisotopic (exact) mass is 285 g/mol. The molecular weight excluding hydrogens is 262 g/mol. The van der Waals surface area contributed by atoms with Crippen LogP contribution >= 0.6 is 0 Å². The third kappa shape index (κ3) is 3.10. The lowest BCUT2D eigenvalue weighted by molar-refractivity contribution is 0.386. The lowest BCUT2D eigenvalue weighted by atomic mass is 9.96. The van der Waals surface area contributed by atoms with Crippen molar-refractivity contribution in [3.63, 3.8) is 0 Å². The maximum absolute atomic E-state index is 9.74. The maximum atomic E-state index is 9.74. The number of phenolic OH excluding ortho intramolecular Hbond substituents is 1. The Morgan fingerprint density at radius 2 is 2.10 bits per heavy atom.